The van der Waals surface area contributed by atoms with Crippen LogP contribution < -0.4 is 10.6 Å². The van der Waals surface area contributed by atoms with Gasteiger partial charge in [-0.1, -0.05) is 6.42 Å². The molecule has 0 aliphatic carbocycles. The summed E-state index contributed by atoms with van der Waals surface area (Å²) in [4.78, 5) is 11.1. The van der Waals surface area contributed by atoms with Crippen molar-refractivity contribution < 1.29 is 9.90 Å². The van der Waals surface area contributed by atoms with Gasteiger partial charge in [0.15, 0.2) is 0 Å². The van der Waals surface area contributed by atoms with Crippen molar-refractivity contribution in [2.75, 3.05) is 13.1 Å². The first-order valence-corrected chi connectivity index (χ1v) is 5.84. The topological polar surface area (TPSA) is 61.4 Å². The van der Waals surface area contributed by atoms with Gasteiger partial charge < -0.3 is 15.7 Å². The molecule has 0 amide bonds. The number of rotatable bonds is 2. The quantitative estimate of drug-likeness (QED) is 0.626. The van der Waals surface area contributed by atoms with E-state index < -0.39 is 11.5 Å². The lowest BCUT2D eigenvalue weighted by Gasteiger charge is -2.29. The molecule has 2 rings (SSSR count). The Morgan fingerprint density at radius 2 is 2.27 bits per heavy atom. The van der Waals surface area contributed by atoms with E-state index in [0.717, 1.165) is 19.5 Å². The molecule has 4 nitrogen and oxygen atoms in total. The Labute approximate surface area is 90.4 Å². The van der Waals surface area contributed by atoms with Crippen LogP contribution in [0.1, 0.15) is 32.6 Å². The molecule has 3 N–H and O–H groups in total. The molecule has 0 aromatic carbocycles. The molecular weight excluding hydrogens is 192 g/mol. The summed E-state index contributed by atoms with van der Waals surface area (Å²) in [6.45, 7) is 3.71. The van der Waals surface area contributed by atoms with Gasteiger partial charge in [0.2, 0.25) is 0 Å². The minimum absolute atomic E-state index is 0.478. The second-order valence-electron chi connectivity index (χ2n) is 5.04. The van der Waals surface area contributed by atoms with Gasteiger partial charge in [0.25, 0.3) is 0 Å². The molecule has 0 saturated carbocycles. The van der Waals surface area contributed by atoms with E-state index in [4.69, 9.17) is 5.11 Å². The van der Waals surface area contributed by atoms with Gasteiger partial charge in [0.05, 0.1) is 0 Å². The molecule has 86 valence electrons. The Morgan fingerprint density at radius 3 is 2.80 bits per heavy atom. The summed E-state index contributed by atoms with van der Waals surface area (Å²) in [7, 11) is 0. The lowest BCUT2D eigenvalue weighted by molar-refractivity contribution is -0.143. The highest BCUT2D eigenvalue weighted by Crippen LogP contribution is 2.29. The van der Waals surface area contributed by atoms with Crippen LogP contribution in [0.25, 0.3) is 0 Å². The zero-order chi connectivity index (χ0) is 10.9. The van der Waals surface area contributed by atoms with Gasteiger partial charge in [-0.2, -0.15) is 0 Å². The van der Waals surface area contributed by atoms with Crippen LogP contribution in [0.2, 0.25) is 0 Å². The van der Waals surface area contributed by atoms with E-state index in [9.17, 15) is 4.79 Å². The van der Waals surface area contributed by atoms with Crippen LogP contribution in [-0.4, -0.2) is 35.7 Å². The van der Waals surface area contributed by atoms with Crippen LogP contribution in [-0.2, 0) is 4.79 Å². The zero-order valence-electron chi connectivity index (χ0n) is 9.25. The number of piperidine rings is 1. The number of nitrogens with one attached hydrogen (secondary N) is 2. The smallest absolute Gasteiger partial charge is 0.323 e. The number of carboxylic acids is 1. The van der Waals surface area contributed by atoms with Crippen molar-refractivity contribution in [2.24, 2.45) is 5.92 Å². The molecule has 0 bridgehead atoms. The summed E-state index contributed by atoms with van der Waals surface area (Å²) in [5.41, 5.74) is -0.705. The molecule has 2 aliphatic rings. The molecule has 2 fully saturated rings. The lowest BCUT2D eigenvalue weighted by Crippen LogP contribution is -2.44. The molecule has 15 heavy (non-hydrogen) atoms. The Hall–Kier alpha value is -0.610. The maximum absolute atomic E-state index is 11.1. The fourth-order valence-electron chi connectivity index (χ4n) is 2.75. The first kappa shape index (κ1) is 10.9. The number of aliphatic carboxylic acids is 1. The van der Waals surface area contributed by atoms with Crippen molar-refractivity contribution in [1.82, 2.24) is 10.6 Å². The second kappa shape index (κ2) is 4.10. The number of hydrogen-bond acceptors (Lipinski definition) is 3. The van der Waals surface area contributed by atoms with Gasteiger partial charge in [0.1, 0.15) is 5.54 Å². The largest absolute Gasteiger partial charge is 0.480 e. The third-order valence-corrected chi connectivity index (χ3v) is 3.81. The summed E-state index contributed by atoms with van der Waals surface area (Å²) in [6.07, 6.45) is 4.48. The predicted molar refractivity (Wildman–Crippen MR) is 57.8 cm³/mol. The van der Waals surface area contributed by atoms with E-state index in [0.29, 0.717) is 12.0 Å². The monoisotopic (exact) mass is 212 g/mol. The van der Waals surface area contributed by atoms with Gasteiger partial charge in [-0.3, -0.25) is 4.79 Å². The molecule has 0 aromatic rings. The van der Waals surface area contributed by atoms with Crippen LogP contribution >= 0.6 is 0 Å². The fourth-order valence-corrected chi connectivity index (χ4v) is 2.75. The summed E-state index contributed by atoms with van der Waals surface area (Å²) in [6, 6.07) is 0.521. The van der Waals surface area contributed by atoms with E-state index in [1.165, 1.54) is 19.3 Å². The van der Waals surface area contributed by atoms with Crippen molar-refractivity contribution in [3.8, 4) is 0 Å². The molecule has 0 radical (unpaired) electrons. The summed E-state index contributed by atoms with van der Waals surface area (Å²) in [5.74, 6) is -0.243. The van der Waals surface area contributed by atoms with Crippen LogP contribution in [0.5, 0.6) is 0 Å². The van der Waals surface area contributed by atoms with E-state index >= 15 is 0 Å². The highest BCUT2D eigenvalue weighted by atomic mass is 16.4. The lowest BCUT2D eigenvalue weighted by atomic mass is 9.86. The van der Waals surface area contributed by atoms with E-state index in [2.05, 4.69) is 10.6 Å². The normalized spacial score (nSPS) is 41.7. The number of carbonyl (C=O) groups is 1. The molecule has 2 aliphatic heterocycles. The summed E-state index contributed by atoms with van der Waals surface area (Å²) >= 11 is 0. The predicted octanol–water partition coefficient (Wildman–Crippen LogP) is 0.581. The molecule has 3 unspecified atom stereocenters. The molecule has 0 spiro atoms. The molecule has 2 saturated heterocycles. The van der Waals surface area contributed by atoms with Crippen LogP contribution in [0.4, 0.5) is 0 Å². The average molecular weight is 212 g/mol. The van der Waals surface area contributed by atoms with Crippen molar-refractivity contribution in [3.05, 3.63) is 0 Å². The fraction of sp³-hybridized carbons (Fsp3) is 0.909. The molecule has 3 atom stereocenters. The average Bonchev–Trinajstić information content (AvgIpc) is 2.64. The van der Waals surface area contributed by atoms with Gasteiger partial charge >= 0.3 is 5.97 Å². The Morgan fingerprint density at radius 1 is 1.47 bits per heavy atom. The van der Waals surface area contributed by atoms with Crippen LogP contribution in [0.15, 0.2) is 0 Å². The SMILES string of the molecule is CC1(C(=O)O)CC(C2CCCCN2)CN1. The third kappa shape index (κ3) is 2.16. The first-order chi connectivity index (χ1) is 7.12. The van der Waals surface area contributed by atoms with Gasteiger partial charge in [-0.25, -0.2) is 0 Å². The minimum Gasteiger partial charge on any atom is -0.480 e. The summed E-state index contributed by atoms with van der Waals surface area (Å²) in [5, 5.41) is 15.8. The van der Waals surface area contributed by atoms with Crippen LogP contribution in [0, 0.1) is 5.92 Å². The minimum atomic E-state index is -0.721. The third-order valence-electron chi connectivity index (χ3n) is 3.81. The standard InChI is InChI=1S/C11H20N2O2/c1-11(10(14)15)6-8(7-13-11)9-4-2-3-5-12-9/h8-9,12-13H,2-7H2,1H3,(H,14,15). The highest BCUT2D eigenvalue weighted by Gasteiger charge is 2.43. The molecule has 4 heteroatoms. The maximum atomic E-state index is 11.1. The first-order valence-electron chi connectivity index (χ1n) is 5.84. The van der Waals surface area contributed by atoms with Crippen molar-refractivity contribution >= 4 is 5.97 Å². The highest BCUT2D eigenvalue weighted by molar-refractivity contribution is 5.78. The molecule has 2 heterocycles. The van der Waals surface area contributed by atoms with Crippen molar-refractivity contribution in [3.63, 3.8) is 0 Å². The van der Waals surface area contributed by atoms with Gasteiger partial charge in [-0.15, -0.1) is 0 Å². The molecular formula is C11H20N2O2. The van der Waals surface area contributed by atoms with E-state index in [1.807, 2.05) is 0 Å². The van der Waals surface area contributed by atoms with Gasteiger partial charge in [0, 0.05) is 12.6 Å². The van der Waals surface area contributed by atoms with E-state index in [-0.39, 0.29) is 0 Å². The molecule has 0 aromatic heterocycles. The van der Waals surface area contributed by atoms with Crippen LogP contribution in [0.3, 0.4) is 0 Å². The second-order valence-corrected chi connectivity index (χ2v) is 5.04. The van der Waals surface area contributed by atoms with Gasteiger partial charge in [-0.05, 0) is 38.6 Å². The Bertz CT molecular complexity index is 251. The maximum Gasteiger partial charge on any atom is 0.323 e. The number of carboxylic acid groups (broad SMARTS) is 1. The summed E-state index contributed by atoms with van der Waals surface area (Å²) < 4.78 is 0. The zero-order valence-corrected chi connectivity index (χ0v) is 9.25. The Balaban J connectivity index is 1.94. The number of hydrogen-bond donors (Lipinski definition) is 3. The van der Waals surface area contributed by atoms with Crippen molar-refractivity contribution in [2.45, 2.75) is 44.2 Å². The van der Waals surface area contributed by atoms with E-state index in [1.54, 1.807) is 6.92 Å². The van der Waals surface area contributed by atoms with Crippen molar-refractivity contribution in [1.29, 1.82) is 0 Å². The Kier molecular flexibility index (Phi) is 2.98.